The number of fused-ring (bicyclic) bond motifs is 3. The summed E-state index contributed by atoms with van der Waals surface area (Å²) in [6, 6.07) is 42.2. The van der Waals surface area contributed by atoms with Gasteiger partial charge in [-0.1, -0.05) is 84.9 Å². The van der Waals surface area contributed by atoms with Gasteiger partial charge in [0.1, 0.15) is 11.6 Å². The highest BCUT2D eigenvalue weighted by molar-refractivity contribution is 6.11. The molecule has 0 N–H and O–H groups in total. The third-order valence-corrected chi connectivity index (χ3v) is 7.45. The van der Waals surface area contributed by atoms with Crippen LogP contribution in [-0.4, -0.2) is 19.5 Å². The standard InChI is InChI=1S/C36H25N5/c1-23-38-24(2)40-36(39-23)32-19-25(22-37)13-18-33(32)41-34-20-28(26-9-5-3-6-10-26)14-16-30(34)31-17-15-29(21-35(31)41)27-11-7-4-8-12-27/h3-21H,1-2H3. The number of rotatable bonds is 4. The topological polar surface area (TPSA) is 67.4 Å². The van der Waals surface area contributed by atoms with Gasteiger partial charge in [-0.15, -0.1) is 0 Å². The molecule has 2 aromatic heterocycles. The minimum Gasteiger partial charge on any atom is -0.308 e. The zero-order valence-electron chi connectivity index (χ0n) is 22.7. The van der Waals surface area contributed by atoms with Gasteiger partial charge in [0.05, 0.1) is 28.4 Å². The third kappa shape index (κ3) is 4.32. The van der Waals surface area contributed by atoms with E-state index in [-0.39, 0.29) is 0 Å². The van der Waals surface area contributed by atoms with Gasteiger partial charge in [-0.25, -0.2) is 15.0 Å². The van der Waals surface area contributed by atoms with E-state index in [1.807, 2.05) is 44.2 Å². The van der Waals surface area contributed by atoms with Gasteiger partial charge in [0.2, 0.25) is 0 Å². The number of aryl methyl sites for hydroxylation is 2. The molecule has 0 unspecified atom stereocenters. The van der Waals surface area contributed by atoms with Gasteiger partial charge in [-0.2, -0.15) is 5.26 Å². The van der Waals surface area contributed by atoms with E-state index >= 15 is 0 Å². The Morgan fingerprint density at radius 1 is 0.561 bits per heavy atom. The molecule has 41 heavy (non-hydrogen) atoms. The summed E-state index contributed by atoms with van der Waals surface area (Å²) in [4.78, 5) is 13.8. The molecule has 0 saturated heterocycles. The van der Waals surface area contributed by atoms with Gasteiger partial charge >= 0.3 is 0 Å². The average Bonchev–Trinajstić information content (AvgIpc) is 3.34. The lowest BCUT2D eigenvalue weighted by Gasteiger charge is -2.15. The number of aromatic nitrogens is 4. The minimum atomic E-state index is 0.551. The number of nitrogens with zero attached hydrogens (tertiary/aromatic N) is 5. The van der Waals surface area contributed by atoms with Crippen molar-refractivity contribution in [3.63, 3.8) is 0 Å². The fraction of sp³-hybridized carbons (Fsp3) is 0.0556. The molecule has 0 radical (unpaired) electrons. The Kier molecular flexibility index (Phi) is 5.88. The second kappa shape index (κ2) is 9.86. The molecule has 7 rings (SSSR count). The maximum atomic E-state index is 9.80. The molecule has 2 heterocycles. The van der Waals surface area contributed by atoms with Crippen molar-refractivity contribution in [2.24, 2.45) is 0 Å². The smallest absolute Gasteiger partial charge is 0.165 e. The second-order valence-electron chi connectivity index (χ2n) is 10.1. The highest BCUT2D eigenvalue weighted by Gasteiger charge is 2.19. The number of hydrogen-bond acceptors (Lipinski definition) is 4. The molecule has 0 saturated carbocycles. The van der Waals surface area contributed by atoms with E-state index in [1.165, 1.54) is 0 Å². The molecule has 0 aliphatic carbocycles. The van der Waals surface area contributed by atoms with Crippen molar-refractivity contribution >= 4 is 21.8 Å². The van der Waals surface area contributed by atoms with E-state index in [0.29, 0.717) is 23.0 Å². The number of hydrogen-bond donors (Lipinski definition) is 0. The molecule has 7 aromatic rings. The number of benzene rings is 5. The van der Waals surface area contributed by atoms with Crippen molar-refractivity contribution in [1.29, 1.82) is 5.26 Å². The van der Waals surface area contributed by atoms with Gasteiger partial charge in [-0.3, -0.25) is 0 Å². The third-order valence-electron chi connectivity index (χ3n) is 7.45. The van der Waals surface area contributed by atoms with Crippen LogP contribution in [0.4, 0.5) is 0 Å². The molecule has 0 amide bonds. The van der Waals surface area contributed by atoms with E-state index < -0.39 is 0 Å². The lowest BCUT2D eigenvalue weighted by molar-refractivity contribution is 0.926. The molecule has 0 fully saturated rings. The van der Waals surface area contributed by atoms with Crippen LogP contribution >= 0.6 is 0 Å². The molecule has 0 atom stereocenters. The van der Waals surface area contributed by atoms with Gasteiger partial charge in [0, 0.05) is 16.3 Å². The van der Waals surface area contributed by atoms with Crippen LogP contribution in [0.25, 0.3) is 61.1 Å². The molecule has 5 aromatic carbocycles. The summed E-state index contributed by atoms with van der Waals surface area (Å²) in [5.74, 6) is 1.83. The largest absolute Gasteiger partial charge is 0.308 e. The summed E-state index contributed by atoms with van der Waals surface area (Å²) in [6.45, 7) is 3.73. The van der Waals surface area contributed by atoms with E-state index in [9.17, 15) is 5.26 Å². The molecule has 0 bridgehead atoms. The van der Waals surface area contributed by atoms with Crippen LogP contribution < -0.4 is 0 Å². The highest BCUT2D eigenvalue weighted by atomic mass is 15.0. The first-order chi connectivity index (χ1) is 20.1. The predicted octanol–water partition coefficient (Wildman–Crippen LogP) is 8.46. The van der Waals surface area contributed by atoms with Crippen LogP contribution in [0.1, 0.15) is 17.2 Å². The lowest BCUT2D eigenvalue weighted by Crippen LogP contribution is -2.03. The van der Waals surface area contributed by atoms with Crippen LogP contribution in [-0.2, 0) is 0 Å². The molecule has 5 heteroatoms. The normalized spacial score (nSPS) is 11.1. The first-order valence-electron chi connectivity index (χ1n) is 13.5. The summed E-state index contributed by atoms with van der Waals surface area (Å²) in [6.07, 6.45) is 0. The van der Waals surface area contributed by atoms with Crippen molar-refractivity contribution in [2.45, 2.75) is 13.8 Å². The van der Waals surface area contributed by atoms with Crippen LogP contribution in [0.3, 0.4) is 0 Å². The Morgan fingerprint density at radius 2 is 1.10 bits per heavy atom. The van der Waals surface area contributed by atoms with Crippen LogP contribution in [0.15, 0.2) is 115 Å². The van der Waals surface area contributed by atoms with Gasteiger partial charge in [-0.05, 0) is 66.4 Å². The van der Waals surface area contributed by atoms with E-state index in [2.05, 4.69) is 101 Å². The fourth-order valence-corrected chi connectivity index (χ4v) is 5.61. The lowest BCUT2D eigenvalue weighted by atomic mass is 10.0. The van der Waals surface area contributed by atoms with Gasteiger partial charge < -0.3 is 4.57 Å². The van der Waals surface area contributed by atoms with Crippen molar-refractivity contribution in [2.75, 3.05) is 0 Å². The summed E-state index contributed by atoms with van der Waals surface area (Å²) in [5.41, 5.74) is 8.95. The van der Waals surface area contributed by atoms with Crippen LogP contribution in [0.2, 0.25) is 0 Å². The zero-order valence-corrected chi connectivity index (χ0v) is 22.7. The summed E-state index contributed by atoms with van der Waals surface area (Å²) in [7, 11) is 0. The summed E-state index contributed by atoms with van der Waals surface area (Å²) < 4.78 is 2.29. The first kappa shape index (κ1) is 24.4. The maximum Gasteiger partial charge on any atom is 0.165 e. The summed E-state index contributed by atoms with van der Waals surface area (Å²) >= 11 is 0. The first-order valence-corrected chi connectivity index (χ1v) is 13.5. The van der Waals surface area contributed by atoms with E-state index in [0.717, 1.165) is 55.3 Å². The van der Waals surface area contributed by atoms with Crippen molar-refractivity contribution in [1.82, 2.24) is 19.5 Å². The molecule has 0 aliphatic rings. The quantitative estimate of drug-likeness (QED) is 0.230. The monoisotopic (exact) mass is 527 g/mol. The minimum absolute atomic E-state index is 0.551. The Hall–Kier alpha value is -5.60. The Labute approximate surface area is 238 Å². The van der Waals surface area contributed by atoms with Crippen molar-refractivity contribution < 1.29 is 0 Å². The zero-order chi connectivity index (χ0) is 27.9. The molecule has 0 aliphatic heterocycles. The Morgan fingerprint density at radius 3 is 1.61 bits per heavy atom. The van der Waals surface area contributed by atoms with E-state index in [1.54, 1.807) is 0 Å². The maximum absolute atomic E-state index is 9.80. The van der Waals surface area contributed by atoms with Gasteiger partial charge in [0.15, 0.2) is 5.82 Å². The predicted molar refractivity (Wildman–Crippen MR) is 165 cm³/mol. The van der Waals surface area contributed by atoms with Crippen LogP contribution in [0, 0.1) is 25.2 Å². The van der Waals surface area contributed by atoms with E-state index in [4.69, 9.17) is 9.97 Å². The Balaban J connectivity index is 1.59. The fourth-order valence-electron chi connectivity index (χ4n) is 5.61. The highest BCUT2D eigenvalue weighted by Crippen LogP contribution is 2.39. The van der Waals surface area contributed by atoms with Crippen LogP contribution in [0.5, 0.6) is 0 Å². The molecule has 194 valence electrons. The van der Waals surface area contributed by atoms with Gasteiger partial charge in [0.25, 0.3) is 0 Å². The van der Waals surface area contributed by atoms with Crippen molar-refractivity contribution in [3.8, 4) is 45.4 Å². The molecular formula is C36H25N5. The average molecular weight is 528 g/mol. The molecule has 0 spiro atoms. The molecule has 5 nitrogen and oxygen atoms in total. The second-order valence-corrected chi connectivity index (χ2v) is 10.1. The summed E-state index contributed by atoms with van der Waals surface area (Å²) in [5, 5.41) is 12.1. The SMILES string of the molecule is Cc1nc(C)nc(-c2cc(C#N)ccc2-n2c3cc(-c4ccccc4)ccc3c3ccc(-c4ccccc4)cc32)n1. The van der Waals surface area contributed by atoms with Crippen molar-refractivity contribution in [3.05, 3.63) is 132 Å². The number of nitriles is 1. The molecular weight excluding hydrogens is 502 g/mol. The Bertz CT molecular complexity index is 2000.